The highest BCUT2D eigenvalue weighted by Gasteiger charge is 2.29. The quantitative estimate of drug-likeness (QED) is 0.668. The minimum Gasteiger partial charge on any atom is -0.451 e. The van der Waals surface area contributed by atoms with Gasteiger partial charge in [-0.1, -0.05) is 51.1 Å². The largest absolute Gasteiger partial charge is 0.451 e. The van der Waals surface area contributed by atoms with Crippen molar-refractivity contribution in [3.05, 3.63) is 65.7 Å². The number of amides is 2. The lowest BCUT2D eigenvalue weighted by Crippen LogP contribution is -2.47. The molecule has 2 aromatic carbocycles. The molecule has 29 heavy (non-hydrogen) atoms. The van der Waals surface area contributed by atoms with E-state index in [0.29, 0.717) is 11.3 Å². The van der Waals surface area contributed by atoms with Crippen molar-refractivity contribution in [3.63, 3.8) is 0 Å². The molecule has 0 fully saturated rings. The lowest BCUT2D eigenvalue weighted by molar-refractivity contribution is -0.156. The predicted molar refractivity (Wildman–Crippen MR) is 113 cm³/mol. The summed E-state index contributed by atoms with van der Waals surface area (Å²) in [6.07, 6.45) is -0.0868. The van der Waals surface area contributed by atoms with Gasteiger partial charge in [0.25, 0.3) is 11.8 Å². The van der Waals surface area contributed by atoms with Gasteiger partial charge in [0.05, 0.1) is 0 Å². The Morgan fingerprint density at radius 3 is 2.10 bits per heavy atom. The number of carbonyl (C=O) groups is 3. The van der Waals surface area contributed by atoms with Gasteiger partial charge in [0.2, 0.25) is 0 Å². The van der Waals surface area contributed by atoms with Crippen molar-refractivity contribution in [2.75, 3.05) is 5.32 Å². The fourth-order valence-electron chi connectivity index (χ4n) is 2.68. The number of ether oxygens (including phenoxy) is 1. The number of nitrogens with one attached hydrogen (secondary N) is 2. The molecule has 2 N–H and O–H groups in total. The van der Waals surface area contributed by atoms with Crippen molar-refractivity contribution in [2.45, 2.75) is 46.3 Å². The molecule has 0 aliphatic carbocycles. The van der Waals surface area contributed by atoms with Gasteiger partial charge in [-0.05, 0) is 49.1 Å². The highest BCUT2D eigenvalue weighted by molar-refractivity contribution is 5.98. The van der Waals surface area contributed by atoms with Crippen molar-refractivity contribution in [1.29, 1.82) is 0 Å². The Morgan fingerprint density at radius 1 is 0.931 bits per heavy atom. The van der Waals surface area contributed by atoms with Crippen LogP contribution >= 0.6 is 0 Å². The minimum absolute atomic E-state index is 0.202. The molecule has 2 amide bonds. The van der Waals surface area contributed by atoms with Crippen molar-refractivity contribution < 1.29 is 19.1 Å². The molecule has 2 atom stereocenters. The summed E-state index contributed by atoms with van der Waals surface area (Å²) in [7, 11) is 0. The molecule has 0 aliphatic heterocycles. The number of anilines is 1. The Labute approximate surface area is 171 Å². The third kappa shape index (κ3) is 6.45. The molecule has 154 valence electrons. The average Bonchev–Trinajstić information content (AvgIpc) is 2.72. The van der Waals surface area contributed by atoms with Gasteiger partial charge in [-0.15, -0.1) is 0 Å². The Hall–Kier alpha value is -3.15. The van der Waals surface area contributed by atoms with Crippen LogP contribution in [0.3, 0.4) is 0 Å². The summed E-state index contributed by atoms with van der Waals surface area (Å²) < 4.78 is 5.32. The number of rotatable bonds is 8. The van der Waals surface area contributed by atoms with Crippen LogP contribution in [0, 0.1) is 5.92 Å². The molecule has 0 spiro atoms. The number of aryl methyl sites for hydroxylation is 1. The number of hydrogen-bond acceptors (Lipinski definition) is 4. The molecule has 6 heteroatoms. The van der Waals surface area contributed by atoms with Gasteiger partial charge in [-0.3, -0.25) is 9.59 Å². The van der Waals surface area contributed by atoms with Gasteiger partial charge in [0.15, 0.2) is 6.10 Å². The fourth-order valence-corrected chi connectivity index (χ4v) is 2.68. The van der Waals surface area contributed by atoms with E-state index in [9.17, 15) is 14.4 Å². The molecule has 0 saturated heterocycles. The van der Waals surface area contributed by atoms with Crippen LogP contribution in [0.25, 0.3) is 0 Å². The summed E-state index contributed by atoms with van der Waals surface area (Å²) in [5.41, 5.74) is 2.25. The maximum absolute atomic E-state index is 12.6. The fraction of sp³-hybridized carbons (Fsp3) is 0.348. The normalized spacial score (nSPS) is 12.7. The van der Waals surface area contributed by atoms with Crippen LogP contribution in [0.4, 0.5) is 5.69 Å². The van der Waals surface area contributed by atoms with Crippen LogP contribution in [0.2, 0.25) is 0 Å². The van der Waals surface area contributed by atoms with Crippen molar-refractivity contribution in [3.8, 4) is 0 Å². The summed E-state index contributed by atoms with van der Waals surface area (Å²) in [6, 6.07) is 15.2. The molecule has 2 aromatic rings. The zero-order chi connectivity index (χ0) is 21.4. The van der Waals surface area contributed by atoms with E-state index in [1.807, 2.05) is 24.3 Å². The topological polar surface area (TPSA) is 84.5 Å². The van der Waals surface area contributed by atoms with Gasteiger partial charge >= 0.3 is 5.97 Å². The summed E-state index contributed by atoms with van der Waals surface area (Å²) in [6.45, 7) is 7.16. The highest BCUT2D eigenvalue weighted by atomic mass is 16.5. The summed E-state index contributed by atoms with van der Waals surface area (Å²) >= 11 is 0. The molecule has 6 nitrogen and oxygen atoms in total. The maximum Gasteiger partial charge on any atom is 0.329 e. The molecule has 0 aromatic heterocycles. The Morgan fingerprint density at radius 2 is 1.55 bits per heavy atom. The molecular weight excluding hydrogens is 368 g/mol. The Kier molecular flexibility index (Phi) is 7.95. The van der Waals surface area contributed by atoms with Crippen LogP contribution in [0.5, 0.6) is 0 Å². The minimum atomic E-state index is -0.997. The zero-order valence-electron chi connectivity index (χ0n) is 17.3. The van der Waals surface area contributed by atoms with E-state index in [2.05, 4.69) is 17.6 Å². The number of hydrogen-bond donors (Lipinski definition) is 2. The van der Waals surface area contributed by atoms with E-state index in [1.54, 1.807) is 44.2 Å². The highest BCUT2D eigenvalue weighted by Crippen LogP contribution is 2.12. The second-order valence-electron chi connectivity index (χ2n) is 7.18. The van der Waals surface area contributed by atoms with E-state index in [1.165, 1.54) is 6.92 Å². The lowest BCUT2D eigenvalue weighted by Gasteiger charge is -2.23. The van der Waals surface area contributed by atoms with Crippen LogP contribution in [0.1, 0.15) is 43.6 Å². The number of carbonyl (C=O) groups excluding carboxylic acids is 3. The monoisotopic (exact) mass is 396 g/mol. The Bertz CT molecular complexity index is 832. The van der Waals surface area contributed by atoms with Gasteiger partial charge in [-0.25, -0.2) is 4.79 Å². The van der Waals surface area contributed by atoms with Gasteiger partial charge in [-0.2, -0.15) is 0 Å². The van der Waals surface area contributed by atoms with Crippen LogP contribution in [0.15, 0.2) is 54.6 Å². The van der Waals surface area contributed by atoms with Crippen LogP contribution in [-0.4, -0.2) is 29.9 Å². The number of esters is 1. The first-order valence-corrected chi connectivity index (χ1v) is 9.78. The first-order valence-electron chi connectivity index (χ1n) is 9.78. The summed E-state index contributed by atoms with van der Waals surface area (Å²) in [4.78, 5) is 37.3. The van der Waals surface area contributed by atoms with Crippen LogP contribution < -0.4 is 10.6 Å². The third-order valence-corrected chi connectivity index (χ3v) is 4.54. The van der Waals surface area contributed by atoms with E-state index < -0.39 is 24.0 Å². The van der Waals surface area contributed by atoms with Crippen molar-refractivity contribution in [1.82, 2.24) is 5.32 Å². The molecule has 2 rings (SSSR count). The molecule has 0 heterocycles. The average molecular weight is 396 g/mol. The van der Waals surface area contributed by atoms with Crippen LogP contribution in [-0.2, 0) is 20.7 Å². The number of benzene rings is 2. The molecule has 0 saturated carbocycles. The first-order chi connectivity index (χ1) is 13.8. The molecule has 0 bridgehead atoms. The Balaban J connectivity index is 1.96. The summed E-state index contributed by atoms with van der Waals surface area (Å²) in [5.74, 6) is -1.64. The molecule has 0 unspecified atom stereocenters. The van der Waals surface area contributed by atoms with E-state index in [0.717, 1.165) is 12.0 Å². The SMILES string of the molecule is CCc1ccc(NC(=O)[C@@H](C)OC(=O)[C@@H](NC(=O)c2ccccc2)C(C)C)cc1. The van der Waals surface area contributed by atoms with Crippen molar-refractivity contribution in [2.24, 2.45) is 5.92 Å². The van der Waals surface area contributed by atoms with E-state index in [4.69, 9.17) is 4.74 Å². The van der Waals surface area contributed by atoms with Gasteiger partial charge in [0.1, 0.15) is 6.04 Å². The first kappa shape index (κ1) is 22.1. The molecule has 0 aliphatic rings. The van der Waals surface area contributed by atoms with Gasteiger partial charge < -0.3 is 15.4 Å². The molecular formula is C23H28N2O4. The smallest absolute Gasteiger partial charge is 0.329 e. The van der Waals surface area contributed by atoms with E-state index >= 15 is 0 Å². The standard InChI is InChI=1S/C23H28N2O4/c1-5-17-11-13-19(14-12-17)24-21(26)16(4)29-23(28)20(15(2)3)25-22(27)18-9-7-6-8-10-18/h6-16,20H,5H2,1-4H3,(H,24,26)(H,25,27)/t16-,20+/m1/s1. The lowest BCUT2D eigenvalue weighted by atomic mass is 10.0. The maximum atomic E-state index is 12.6. The predicted octanol–water partition coefficient (Wildman–Crippen LogP) is 3.57. The zero-order valence-corrected chi connectivity index (χ0v) is 17.3. The van der Waals surface area contributed by atoms with Crippen molar-refractivity contribution >= 4 is 23.5 Å². The molecule has 0 radical (unpaired) electrons. The second-order valence-corrected chi connectivity index (χ2v) is 7.18. The van der Waals surface area contributed by atoms with E-state index in [-0.39, 0.29) is 11.8 Å². The van der Waals surface area contributed by atoms with Gasteiger partial charge in [0, 0.05) is 11.3 Å². The third-order valence-electron chi connectivity index (χ3n) is 4.54. The second kappa shape index (κ2) is 10.4. The summed E-state index contributed by atoms with van der Waals surface area (Å²) in [5, 5.41) is 5.42.